The number of ether oxygens (including phenoxy) is 4. The average molecular weight is 884 g/mol. The molecule has 0 spiro atoms. The number of nitrogens with one attached hydrogen (secondary N) is 3. The normalized spacial score (nSPS) is 21.5. The van der Waals surface area contributed by atoms with Crippen LogP contribution in [-0.2, 0) is 29.2 Å². The lowest BCUT2D eigenvalue weighted by Gasteiger charge is -2.40. The van der Waals surface area contributed by atoms with Crippen LogP contribution in [0.15, 0.2) is 60.9 Å². The molecule has 7 heterocycles. The number of benzene rings is 3. The first-order valence-corrected chi connectivity index (χ1v) is 23.9. The van der Waals surface area contributed by atoms with Gasteiger partial charge in [-0.15, -0.1) is 0 Å². The van der Waals surface area contributed by atoms with Crippen molar-refractivity contribution >= 4 is 28.7 Å². The number of aromatic amines is 2. The van der Waals surface area contributed by atoms with Gasteiger partial charge in [0.25, 0.3) is 0 Å². The second-order valence-electron chi connectivity index (χ2n) is 18.6. The third kappa shape index (κ3) is 8.06. The molecule has 14 heteroatoms. The Kier molecular flexibility index (Phi) is 12.1. The fourth-order valence-corrected chi connectivity index (χ4v) is 11.5. The smallest absolute Gasteiger partial charge is 0.407 e. The van der Waals surface area contributed by atoms with Crippen molar-refractivity contribution in [2.45, 2.75) is 108 Å². The molecule has 4 fully saturated rings. The summed E-state index contributed by atoms with van der Waals surface area (Å²) >= 11 is 0. The van der Waals surface area contributed by atoms with E-state index in [2.05, 4.69) is 77.7 Å². The van der Waals surface area contributed by atoms with Crippen LogP contribution < -0.4 is 10.1 Å². The molecule has 342 valence electrons. The molecular formula is C51H61N7O7. The summed E-state index contributed by atoms with van der Waals surface area (Å²) in [6.45, 7) is 8.50. The Morgan fingerprint density at radius 2 is 1.42 bits per heavy atom. The molecule has 3 N–H and O–H groups in total. The van der Waals surface area contributed by atoms with Gasteiger partial charge < -0.3 is 44.0 Å². The first-order valence-electron chi connectivity index (χ1n) is 23.9. The van der Waals surface area contributed by atoms with Gasteiger partial charge in [0.15, 0.2) is 0 Å². The minimum atomic E-state index is -0.692. The van der Waals surface area contributed by atoms with Crippen LogP contribution in [0.25, 0.3) is 33.3 Å². The van der Waals surface area contributed by atoms with Crippen LogP contribution in [-0.4, -0.2) is 100 Å². The lowest BCUT2D eigenvalue weighted by atomic mass is 9.67. The molecule has 65 heavy (non-hydrogen) atoms. The highest BCUT2D eigenvalue weighted by Gasteiger charge is 2.43. The van der Waals surface area contributed by atoms with E-state index in [9.17, 15) is 14.4 Å². The minimum Gasteiger partial charge on any atom is -0.457 e. The zero-order valence-corrected chi connectivity index (χ0v) is 37.8. The number of amides is 3. The minimum absolute atomic E-state index is 0.0295. The van der Waals surface area contributed by atoms with E-state index in [0.29, 0.717) is 44.9 Å². The van der Waals surface area contributed by atoms with Crippen molar-refractivity contribution in [1.29, 1.82) is 0 Å². The summed E-state index contributed by atoms with van der Waals surface area (Å²) in [6.07, 6.45) is 12.3. The fraction of sp³-hybridized carbons (Fsp3) is 0.510. The maximum Gasteiger partial charge on any atom is 0.407 e. The number of hydrogen-bond donors (Lipinski definition) is 3. The number of carbonyl (C=O) groups excluding carboxylic acids is 3. The maximum atomic E-state index is 14.2. The molecular weight excluding hydrogens is 823 g/mol. The van der Waals surface area contributed by atoms with E-state index in [1.54, 1.807) is 0 Å². The van der Waals surface area contributed by atoms with Gasteiger partial charge in [-0.3, -0.25) is 9.59 Å². The molecule has 10 rings (SSSR count). The van der Waals surface area contributed by atoms with Crippen LogP contribution in [0.4, 0.5) is 4.79 Å². The van der Waals surface area contributed by atoms with E-state index < -0.39 is 12.1 Å². The van der Waals surface area contributed by atoms with E-state index in [4.69, 9.17) is 28.9 Å². The predicted octanol–water partition coefficient (Wildman–Crippen LogP) is 9.13. The van der Waals surface area contributed by atoms with Crippen molar-refractivity contribution in [3.8, 4) is 34.0 Å². The number of alkyl carbamates (subject to hydrolysis) is 1. The molecule has 5 aromatic rings. The van der Waals surface area contributed by atoms with Gasteiger partial charge in [0.1, 0.15) is 29.2 Å². The number of carbonyl (C=O) groups is 3. The van der Waals surface area contributed by atoms with Crippen LogP contribution in [0.5, 0.6) is 11.5 Å². The molecule has 4 saturated heterocycles. The van der Waals surface area contributed by atoms with Crippen LogP contribution in [0.1, 0.15) is 119 Å². The van der Waals surface area contributed by atoms with Crippen molar-refractivity contribution < 1.29 is 33.3 Å². The summed E-state index contributed by atoms with van der Waals surface area (Å²) in [7, 11) is 1.32. The average Bonchev–Trinajstić information content (AvgIpc) is 4.20. The molecule has 5 aliphatic rings. The lowest BCUT2D eigenvalue weighted by Crippen LogP contribution is -2.53. The second kappa shape index (κ2) is 18.3. The van der Waals surface area contributed by atoms with Gasteiger partial charge in [0.05, 0.1) is 43.0 Å². The molecule has 14 nitrogen and oxygen atoms in total. The Labute approximate surface area is 380 Å². The first kappa shape index (κ1) is 43.2. The molecule has 0 aliphatic carbocycles. The largest absolute Gasteiger partial charge is 0.457 e. The number of likely N-dealkylation sites (tertiary alicyclic amines) is 2. The van der Waals surface area contributed by atoms with Gasteiger partial charge in [-0.05, 0) is 105 Å². The molecule has 5 aliphatic heterocycles. The van der Waals surface area contributed by atoms with Crippen molar-refractivity contribution in [2.24, 2.45) is 11.8 Å². The number of aromatic nitrogens is 4. The maximum absolute atomic E-state index is 14.2. The number of H-pyrrole nitrogens is 2. The molecule has 0 radical (unpaired) electrons. The zero-order chi connectivity index (χ0) is 44.7. The molecule has 0 unspecified atom stereocenters. The molecule has 0 saturated carbocycles. The summed E-state index contributed by atoms with van der Waals surface area (Å²) in [6, 6.07) is 16.4. The number of imidazole rings is 2. The van der Waals surface area contributed by atoms with Gasteiger partial charge in [0, 0.05) is 73.6 Å². The molecule has 3 amide bonds. The van der Waals surface area contributed by atoms with Crippen molar-refractivity contribution in [1.82, 2.24) is 35.1 Å². The fourth-order valence-electron chi connectivity index (χ4n) is 11.5. The summed E-state index contributed by atoms with van der Waals surface area (Å²) < 4.78 is 22.8. The first-order chi connectivity index (χ1) is 31.8. The van der Waals surface area contributed by atoms with E-state index in [1.165, 1.54) is 18.1 Å². The van der Waals surface area contributed by atoms with Crippen LogP contribution in [0, 0.1) is 11.8 Å². The number of hydrogen-bond acceptors (Lipinski definition) is 9. The Morgan fingerprint density at radius 3 is 2.09 bits per heavy atom. The SMILES string of the molecule is CCC1(CC)c2ccc(-c3cnc([C@H]4CCCN4C(=O)[C@@H](NC(=O)OC)C4CCOCC4)[nH]3)cc2Oc2ccc3cc(-c4cnc([C@H]5CCCN5C(=O)CC5CCOCC5)[nH]4)ccc3c21. The standard InChI is InChI=1S/C51H61N7O7/c1-4-51(5-2)37-14-11-35(39-30-53-48(55-39)41-9-7-21-58(41)49(60)46(56-50(61)62-3)32-18-24-64-25-19-32)28-43(37)65-42-15-12-33-27-34(10-13-36(33)45(42)51)38-29-52-47(54-38)40-8-6-20-57(40)44(59)26-31-16-22-63-23-17-31/h10-15,27-32,40-41,46H,4-9,16-26H2,1-3H3,(H,52,54)(H,53,55)(H,56,61)/t40-,41-,46+/m1/s1. The van der Waals surface area contributed by atoms with E-state index in [-0.39, 0.29) is 35.2 Å². The third-order valence-corrected chi connectivity index (χ3v) is 15.2. The Balaban J connectivity index is 0.884. The number of rotatable bonds is 11. The van der Waals surface area contributed by atoms with Gasteiger partial charge >= 0.3 is 6.09 Å². The Morgan fingerprint density at radius 1 is 0.785 bits per heavy atom. The topological polar surface area (TPSA) is 164 Å². The van der Waals surface area contributed by atoms with E-state index in [0.717, 1.165) is 128 Å². The predicted molar refractivity (Wildman–Crippen MR) is 245 cm³/mol. The Hall–Kier alpha value is -5.73. The molecule has 2 aromatic heterocycles. The third-order valence-electron chi connectivity index (χ3n) is 15.2. The molecule has 3 atom stereocenters. The summed E-state index contributed by atoms with van der Waals surface area (Å²) in [5.41, 5.74) is 5.87. The van der Waals surface area contributed by atoms with E-state index in [1.807, 2.05) is 22.2 Å². The van der Waals surface area contributed by atoms with E-state index >= 15 is 0 Å². The van der Waals surface area contributed by atoms with Gasteiger partial charge in [-0.2, -0.15) is 0 Å². The highest BCUT2D eigenvalue weighted by molar-refractivity contribution is 5.93. The summed E-state index contributed by atoms with van der Waals surface area (Å²) in [5.74, 6) is 3.75. The van der Waals surface area contributed by atoms with Crippen LogP contribution >= 0.6 is 0 Å². The number of fused-ring (bicyclic) bond motifs is 4. The second-order valence-corrected chi connectivity index (χ2v) is 18.6. The van der Waals surface area contributed by atoms with Gasteiger partial charge in [-0.25, -0.2) is 14.8 Å². The highest BCUT2D eigenvalue weighted by atomic mass is 16.5. The van der Waals surface area contributed by atoms with Crippen LogP contribution in [0.3, 0.4) is 0 Å². The monoisotopic (exact) mass is 883 g/mol. The van der Waals surface area contributed by atoms with Crippen molar-refractivity contribution in [3.63, 3.8) is 0 Å². The van der Waals surface area contributed by atoms with Crippen LogP contribution in [0.2, 0.25) is 0 Å². The Bertz CT molecular complexity index is 2550. The number of nitrogens with zero attached hydrogens (tertiary/aromatic N) is 4. The van der Waals surface area contributed by atoms with Crippen molar-refractivity contribution in [2.75, 3.05) is 46.6 Å². The number of methoxy groups -OCH3 is 1. The summed E-state index contributed by atoms with van der Waals surface area (Å²) in [5, 5.41) is 5.14. The lowest BCUT2D eigenvalue weighted by molar-refractivity contribution is -0.137. The van der Waals surface area contributed by atoms with Gasteiger partial charge in [0.2, 0.25) is 11.8 Å². The zero-order valence-electron chi connectivity index (χ0n) is 37.8. The molecule has 3 aromatic carbocycles. The van der Waals surface area contributed by atoms with Gasteiger partial charge in [-0.1, -0.05) is 44.2 Å². The highest BCUT2D eigenvalue weighted by Crippen LogP contribution is 2.55. The molecule has 0 bridgehead atoms. The van der Waals surface area contributed by atoms with Crippen molar-refractivity contribution in [3.05, 3.63) is 83.7 Å². The summed E-state index contributed by atoms with van der Waals surface area (Å²) in [4.78, 5) is 60.8. The quantitative estimate of drug-likeness (QED) is 0.117.